The van der Waals surface area contributed by atoms with E-state index in [0.717, 1.165) is 48.1 Å². The van der Waals surface area contributed by atoms with Crippen LogP contribution >= 0.6 is 23.2 Å². The van der Waals surface area contributed by atoms with Gasteiger partial charge in [-0.15, -0.1) is 0 Å². The van der Waals surface area contributed by atoms with Gasteiger partial charge < -0.3 is 19.7 Å². The fraction of sp³-hybridized carbons (Fsp3) is 0.357. The Morgan fingerprint density at radius 2 is 1.18 bits per heavy atom. The predicted molar refractivity (Wildman–Crippen MR) is 138 cm³/mol. The highest BCUT2D eigenvalue weighted by molar-refractivity contribution is 6.30. The Balaban J connectivity index is 1.35. The molecule has 2 N–H and O–H groups in total. The van der Waals surface area contributed by atoms with Crippen molar-refractivity contribution < 1.29 is 19.7 Å². The van der Waals surface area contributed by atoms with Crippen molar-refractivity contribution in [3.63, 3.8) is 0 Å². The molecule has 0 heterocycles. The third kappa shape index (κ3) is 9.28. The summed E-state index contributed by atoms with van der Waals surface area (Å²) in [6, 6.07) is 23.3. The van der Waals surface area contributed by atoms with Gasteiger partial charge in [-0.1, -0.05) is 66.0 Å². The Morgan fingerprint density at radius 1 is 0.647 bits per heavy atom. The van der Waals surface area contributed by atoms with E-state index in [0.29, 0.717) is 36.1 Å². The Bertz CT molecular complexity index is 912. The van der Waals surface area contributed by atoms with Crippen LogP contribution in [0.5, 0.6) is 5.75 Å². The molecule has 3 aromatic carbocycles. The lowest BCUT2D eigenvalue weighted by molar-refractivity contribution is -0.0447. The van der Waals surface area contributed by atoms with Crippen LogP contribution in [0.25, 0.3) is 0 Å². The minimum atomic E-state index is -1.26. The van der Waals surface area contributed by atoms with E-state index in [-0.39, 0.29) is 6.10 Å². The molecule has 0 saturated carbocycles. The Hall–Kier alpha value is -2.08. The third-order valence-electron chi connectivity index (χ3n) is 5.55. The van der Waals surface area contributed by atoms with E-state index in [4.69, 9.17) is 42.9 Å². The fourth-order valence-corrected chi connectivity index (χ4v) is 3.91. The maximum absolute atomic E-state index is 8.95. The molecule has 0 unspecified atom stereocenters. The zero-order chi connectivity index (χ0) is 24.2. The Morgan fingerprint density at radius 3 is 1.71 bits per heavy atom. The lowest BCUT2D eigenvalue weighted by Crippen LogP contribution is -2.07. The molecule has 0 aliphatic rings. The average Bonchev–Trinajstić information content (AvgIpc) is 2.84. The van der Waals surface area contributed by atoms with Crippen LogP contribution in [-0.2, 0) is 11.2 Å². The number of unbranched alkanes of at least 4 members (excludes halogenated alkanes) is 3. The largest absolute Gasteiger partial charge is 0.494 e. The van der Waals surface area contributed by atoms with Crippen LogP contribution in [0.1, 0.15) is 54.9 Å². The number of hydrogen-bond acceptors (Lipinski definition) is 4. The molecule has 3 rings (SSSR count). The molecule has 182 valence electrons. The van der Waals surface area contributed by atoms with E-state index in [1.165, 1.54) is 0 Å². The van der Waals surface area contributed by atoms with Crippen molar-refractivity contribution in [3.05, 3.63) is 99.5 Å². The van der Waals surface area contributed by atoms with Gasteiger partial charge in [-0.3, -0.25) is 0 Å². The summed E-state index contributed by atoms with van der Waals surface area (Å²) in [5, 5.41) is 19.3. The van der Waals surface area contributed by atoms with Crippen molar-refractivity contribution in [1.82, 2.24) is 0 Å². The third-order valence-corrected chi connectivity index (χ3v) is 6.06. The zero-order valence-corrected chi connectivity index (χ0v) is 20.7. The van der Waals surface area contributed by atoms with E-state index in [1.807, 2.05) is 72.8 Å². The molecular formula is C28H32Cl2O4. The molecule has 0 radical (unpaired) electrons. The van der Waals surface area contributed by atoms with Gasteiger partial charge in [0.1, 0.15) is 11.9 Å². The van der Waals surface area contributed by atoms with Crippen molar-refractivity contribution >= 4 is 23.2 Å². The molecule has 0 aliphatic heterocycles. The normalized spacial score (nSPS) is 11.4. The number of halogens is 2. The summed E-state index contributed by atoms with van der Waals surface area (Å²) in [4.78, 5) is 0. The van der Waals surface area contributed by atoms with Crippen LogP contribution in [0.4, 0.5) is 0 Å². The predicted octanol–water partition coefficient (Wildman–Crippen LogP) is 6.98. The maximum atomic E-state index is 8.95. The molecule has 0 spiro atoms. The fourth-order valence-electron chi connectivity index (χ4n) is 3.66. The summed E-state index contributed by atoms with van der Waals surface area (Å²) in [5.74, 6) is 0.838. The molecule has 0 fully saturated rings. The highest BCUT2D eigenvalue weighted by Crippen LogP contribution is 2.28. The standard InChI is InChI=1S/C28H32Cl2O4/c29-24-12-8-22(9-13-24)28(23-10-14-25(30)15-11-23)34-20-4-2-1-3-19-33-26-16-5-21(6-17-26)7-18-27(31)32/h5-6,8-17,27-28,31-32H,1-4,7,18-20H2. The number of benzene rings is 3. The van der Waals surface area contributed by atoms with Crippen LogP contribution in [0.15, 0.2) is 72.8 Å². The number of hydrogen-bond donors (Lipinski definition) is 2. The molecule has 3 aromatic rings. The molecule has 0 atom stereocenters. The van der Waals surface area contributed by atoms with E-state index < -0.39 is 6.29 Å². The number of aryl methyl sites for hydroxylation is 1. The van der Waals surface area contributed by atoms with Crippen LogP contribution in [0.2, 0.25) is 10.0 Å². The van der Waals surface area contributed by atoms with Gasteiger partial charge >= 0.3 is 0 Å². The molecule has 0 bridgehead atoms. The van der Waals surface area contributed by atoms with Gasteiger partial charge in [0.15, 0.2) is 6.29 Å². The summed E-state index contributed by atoms with van der Waals surface area (Å²) >= 11 is 12.1. The van der Waals surface area contributed by atoms with Gasteiger partial charge in [-0.05, 0) is 78.8 Å². The van der Waals surface area contributed by atoms with Crippen LogP contribution in [0.3, 0.4) is 0 Å². The minimum Gasteiger partial charge on any atom is -0.494 e. The summed E-state index contributed by atoms with van der Waals surface area (Å²) in [7, 11) is 0. The number of rotatable bonds is 14. The number of aliphatic hydroxyl groups excluding tert-OH is 1. The van der Waals surface area contributed by atoms with Gasteiger partial charge in [0.05, 0.1) is 6.61 Å². The van der Waals surface area contributed by atoms with Crippen molar-refractivity contribution in [1.29, 1.82) is 0 Å². The first-order chi connectivity index (χ1) is 16.5. The van der Waals surface area contributed by atoms with Crippen LogP contribution in [0, 0.1) is 0 Å². The molecule has 0 saturated heterocycles. The Labute approximate surface area is 212 Å². The van der Waals surface area contributed by atoms with Gasteiger partial charge in [0.25, 0.3) is 0 Å². The van der Waals surface area contributed by atoms with Gasteiger partial charge in [0, 0.05) is 23.1 Å². The first-order valence-electron chi connectivity index (χ1n) is 11.7. The minimum absolute atomic E-state index is 0.151. The molecular weight excluding hydrogens is 471 g/mol. The molecule has 0 aromatic heterocycles. The highest BCUT2D eigenvalue weighted by atomic mass is 35.5. The summed E-state index contributed by atoms with van der Waals surface area (Å²) < 4.78 is 12.1. The highest BCUT2D eigenvalue weighted by Gasteiger charge is 2.15. The topological polar surface area (TPSA) is 58.9 Å². The second-order valence-corrected chi connectivity index (χ2v) is 9.15. The van der Waals surface area contributed by atoms with Gasteiger partial charge in [-0.25, -0.2) is 0 Å². The molecule has 34 heavy (non-hydrogen) atoms. The number of ether oxygens (including phenoxy) is 2. The molecule has 0 aliphatic carbocycles. The average molecular weight is 503 g/mol. The van der Waals surface area contributed by atoms with E-state index in [1.54, 1.807) is 0 Å². The zero-order valence-electron chi connectivity index (χ0n) is 19.2. The quantitative estimate of drug-likeness (QED) is 0.184. The van der Waals surface area contributed by atoms with E-state index >= 15 is 0 Å². The maximum Gasteiger partial charge on any atom is 0.151 e. The first-order valence-corrected chi connectivity index (χ1v) is 12.5. The van der Waals surface area contributed by atoms with Crippen LogP contribution < -0.4 is 4.74 Å². The summed E-state index contributed by atoms with van der Waals surface area (Å²) in [6.45, 7) is 1.34. The molecule has 6 heteroatoms. The van der Waals surface area contributed by atoms with Crippen molar-refractivity contribution in [2.75, 3.05) is 13.2 Å². The van der Waals surface area contributed by atoms with Crippen LogP contribution in [-0.4, -0.2) is 29.7 Å². The van der Waals surface area contributed by atoms with Crippen molar-refractivity contribution in [2.45, 2.75) is 50.9 Å². The second kappa shape index (κ2) is 14.3. The lowest BCUT2D eigenvalue weighted by atomic mass is 10.0. The van der Waals surface area contributed by atoms with Crippen molar-refractivity contribution in [2.24, 2.45) is 0 Å². The number of aliphatic hydroxyl groups is 2. The second-order valence-electron chi connectivity index (χ2n) is 8.28. The smallest absolute Gasteiger partial charge is 0.151 e. The SMILES string of the molecule is OC(O)CCc1ccc(OCCCCCCOC(c2ccc(Cl)cc2)c2ccc(Cl)cc2)cc1. The summed E-state index contributed by atoms with van der Waals surface area (Å²) in [6.07, 6.45) is 3.66. The van der Waals surface area contributed by atoms with Gasteiger partial charge in [0.2, 0.25) is 0 Å². The Kier molecular flexibility index (Phi) is 11.2. The van der Waals surface area contributed by atoms with Crippen molar-refractivity contribution in [3.8, 4) is 5.75 Å². The van der Waals surface area contributed by atoms with E-state index in [9.17, 15) is 0 Å². The molecule has 4 nitrogen and oxygen atoms in total. The molecule has 0 amide bonds. The lowest BCUT2D eigenvalue weighted by Gasteiger charge is -2.19. The van der Waals surface area contributed by atoms with Gasteiger partial charge in [-0.2, -0.15) is 0 Å². The first kappa shape index (κ1) is 26.5. The van der Waals surface area contributed by atoms with E-state index in [2.05, 4.69) is 0 Å². The summed E-state index contributed by atoms with van der Waals surface area (Å²) in [5.41, 5.74) is 3.20. The monoisotopic (exact) mass is 502 g/mol.